The molecule has 6 heteroatoms. The maximum Gasteiger partial charge on any atom is 0.258 e. The molecular weight excluding hydrogens is 324 g/mol. The molecule has 1 amide bonds. The van der Waals surface area contributed by atoms with Gasteiger partial charge in [0.25, 0.3) is 5.91 Å². The van der Waals surface area contributed by atoms with E-state index in [1.54, 1.807) is 42.5 Å². The van der Waals surface area contributed by atoms with Crippen molar-refractivity contribution < 1.29 is 4.79 Å². The number of aromatic nitrogens is 2. The summed E-state index contributed by atoms with van der Waals surface area (Å²) in [6, 6.07) is 10.8. The lowest BCUT2D eigenvalue weighted by molar-refractivity contribution is 0.0994. The van der Waals surface area contributed by atoms with E-state index in [4.69, 9.17) is 11.6 Å². The number of pyridine rings is 2. The molecule has 0 atom stereocenters. The highest BCUT2D eigenvalue weighted by atomic mass is 35.5. The van der Waals surface area contributed by atoms with Crippen molar-refractivity contribution in [2.75, 3.05) is 30.9 Å². The Hall–Kier alpha value is -2.66. The van der Waals surface area contributed by atoms with Crippen molar-refractivity contribution >= 4 is 39.9 Å². The summed E-state index contributed by atoms with van der Waals surface area (Å²) in [5, 5.41) is 1.26. The number of amides is 1. The van der Waals surface area contributed by atoms with Gasteiger partial charge in [-0.1, -0.05) is 17.7 Å². The number of fused-ring (bicyclic) bond motifs is 1. The minimum atomic E-state index is -0.138. The summed E-state index contributed by atoms with van der Waals surface area (Å²) in [5.41, 5.74) is 1.91. The first-order chi connectivity index (χ1) is 11.5. The molecule has 1 aromatic carbocycles. The van der Waals surface area contributed by atoms with Crippen LogP contribution in [0.1, 0.15) is 10.4 Å². The Kier molecular flexibility index (Phi) is 4.36. The Morgan fingerprint density at radius 1 is 1.00 bits per heavy atom. The van der Waals surface area contributed by atoms with E-state index in [0.717, 1.165) is 16.9 Å². The highest BCUT2D eigenvalue weighted by molar-refractivity contribution is 6.35. The highest BCUT2D eigenvalue weighted by Crippen LogP contribution is 2.29. The maximum absolute atomic E-state index is 13.1. The predicted molar refractivity (Wildman–Crippen MR) is 98.1 cm³/mol. The monoisotopic (exact) mass is 340 g/mol. The number of hydrogen-bond donors (Lipinski definition) is 0. The summed E-state index contributed by atoms with van der Waals surface area (Å²) in [5.74, 6) is 0.588. The fraction of sp³-hybridized carbons (Fsp3) is 0.167. The second-order valence-electron chi connectivity index (χ2n) is 5.60. The number of nitrogens with zero attached hydrogens (tertiary/aromatic N) is 4. The van der Waals surface area contributed by atoms with E-state index in [0.29, 0.717) is 16.1 Å². The number of carbonyl (C=O) groups excluding carboxylic acids is 1. The van der Waals surface area contributed by atoms with Gasteiger partial charge in [-0.25, -0.2) is 4.98 Å². The molecule has 24 heavy (non-hydrogen) atoms. The van der Waals surface area contributed by atoms with Crippen LogP contribution in [0.25, 0.3) is 10.9 Å². The summed E-state index contributed by atoms with van der Waals surface area (Å²) in [4.78, 5) is 25.2. The van der Waals surface area contributed by atoms with Crippen molar-refractivity contribution in [3.63, 3.8) is 0 Å². The van der Waals surface area contributed by atoms with E-state index in [2.05, 4.69) is 9.97 Å². The lowest BCUT2D eigenvalue weighted by Gasteiger charge is -2.23. The van der Waals surface area contributed by atoms with E-state index < -0.39 is 0 Å². The van der Waals surface area contributed by atoms with Gasteiger partial charge in [0.1, 0.15) is 0 Å². The van der Waals surface area contributed by atoms with Crippen LogP contribution in [0, 0.1) is 0 Å². The van der Waals surface area contributed by atoms with Crippen molar-refractivity contribution in [1.29, 1.82) is 0 Å². The van der Waals surface area contributed by atoms with Gasteiger partial charge in [0.05, 0.1) is 16.2 Å². The molecule has 122 valence electrons. The average Bonchev–Trinajstić information content (AvgIpc) is 2.61. The van der Waals surface area contributed by atoms with Crippen LogP contribution < -0.4 is 9.80 Å². The lowest BCUT2D eigenvalue weighted by Crippen LogP contribution is -2.28. The molecule has 0 saturated heterocycles. The fourth-order valence-electron chi connectivity index (χ4n) is 2.61. The summed E-state index contributed by atoms with van der Waals surface area (Å²) in [6.45, 7) is 0. The molecule has 0 saturated carbocycles. The Labute approximate surface area is 145 Å². The van der Waals surface area contributed by atoms with Crippen molar-refractivity contribution in [3.8, 4) is 0 Å². The first-order valence-corrected chi connectivity index (χ1v) is 7.82. The van der Waals surface area contributed by atoms with Crippen molar-refractivity contribution in [3.05, 3.63) is 59.4 Å². The van der Waals surface area contributed by atoms with E-state index in [1.165, 1.54) is 0 Å². The highest BCUT2D eigenvalue weighted by Gasteiger charge is 2.20. The summed E-state index contributed by atoms with van der Waals surface area (Å²) in [6.07, 6.45) is 3.37. The number of carbonyl (C=O) groups is 1. The van der Waals surface area contributed by atoms with E-state index in [9.17, 15) is 4.79 Å². The summed E-state index contributed by atoms with van der Waals surface area (Å²) in [7, 11) is 5.53. The Bertz CT molecular complexity index is 910. The molecule has 0 N–H and O–H groups in total. The largest absolute Gasteiger partial charge is 0.361 e. The van der Waals surface area contributed by atoms with Crippen LogP contribution in [-0.4, -0.2) is 37.0 Å². The Morgan fingerprint density at radius 3 is 2.46 bits per heavy atom. The van der Waals surface area contributed by atoms with Crippen LogP contribution in [0.15, 0.2) is 48.8 Å². The quantitative estimate of drug-likeness (QED) is 0.730. The third kappa shape index (κ3) is 2.78. The smallest absolute Gasteiger partial charge is 0.258 e. The Balaban J connectivity index is 2.09. The molecule has 0 aliphatic rings. The van der Waals surface area contributed by atoms with E-state index in [-0.39, 0.29) is 5.91 Å². The van der Waals surface area contributed by atoms with Crippen molar-refractivity contribution in [2.45, 2.75) is 0 Å². The summed E-state index contributed by atoms with van der Waals surface area (Å²) >= 11 is 6.19. The summed E-state index contributed by atoms with van der Waals surface area (Å²) < 4.78 is 0. The first-order valence-electron chi connectivity index (χ1n) is 7.44. The normalized spacial score (nSPS) is 10.7. The van der Waals surface area contributed by atoms with Gasteiger partial charge in [-0.3, -0.25) is 9.78 Å². The van der Waals surface area contributed by atoms with Crippen LogP contribution in [0.5, 0.6) is 0 Å². The molecule has 5 nitrogen and oxygen atoms in total. The molecule has 3 aromatic rings. The van der Waals surface area contributed by atoms with E-state index >= 15 is 0 Å². The number of anilines is 2. The maximum atomic E-state index is 13.1. The van der Waals surface area contributed by atoms with Crippen LogP contribution in [0.4, 0.5) is 11.5 Å². The average molecular weight is 341 g/mol. The topological polar surface area (TPSA) is 49.3 Å². The van der Waals surface area contributed by atoms with Crippen LogP contribution in [-0.2, 0) is 0 Å². The molecule has 2 aromatic heterocycles. The molecule has 0 spiro atoms. The zero-order valence-corrected chi connectivity index (χ0v) is 14.4. The Morgan fingerprint density at radius 2 is 1.71 bits per heavy atom. The second-order valence-corrected chi connectivity index (χ2v) is 6.01. The van der Waals surface area contributed by atoms with Crippen molar-refractivity contribution in [1.82, 2.24) is 9.97 Å². The third-order valence-electron chi connectivity index (χ3n) is 3.81. The van der Waals surface area contributed by atoms with Gasteiger partial charge in [-0.05, 0) is 30.3 Å². The predicted octanol–water partition coefficient (Wildman–Crippen LogP) is 3.63. The van der Waals surface area contributed by atoms with Gasteiger partial charge in [-0.2, -0.15) is 0 Å². The number of rotatable bonds is 3. The van der Waals surface area contributed by atoms with E-state index in [1.807, 2.05) is 37.2 Å². The molecule has 0 aliphatic heterocycles. The minimum Gasteiger partial charge on any atom is -0.361 e. The van der Waals surface area contributed by atoms with Crippen LogP contribution >= 0.6 is 11.6 Å². The standard InChI is InChI=1S/C18H17ClN4O/c1-22(2)17-15(7-5-11-21-17)23(3)18(24)13-8-9-14(19)16-12(13)6-4-10-20-16/h4-11H,1-3H3. The number of hydrogen-bond acceptors (Lipinski definition) is 4. The van der Waals surface area contributed by atoms with Gasteiger partial charge < -0.3 is 9.80 Å². The zero-order chi connectivity index (χ0) is 17.3. The van der Waals surface area contributed by atoms with Gasteiger partial charge >= 0.3 is 0 Å². The minimum absolute atomic E-state index is 0.138. The van der Waals surface area contributed by atoms with Crippen LogP contribution in [0.2, 0.25) is 5.02 Å². The van der Waals surface area contributed by atoms with Crippen LogP contribution in [0.3, 0.4) is 0 Å². The molecule has 0 fully saturated rings. The zero-order valence-electron chi connectivity index (χ0n) is 13.7. The molecule has 0 bridgehead atoms. The molecular formula is C18H17ClN4O. The molecule has 2 heterocycles. The number of benzene rings is 1. The van der Waals surface area contributed by atoms with Gasteiger partial charge in [-0.15, -0.1) is 0 Å². The first kappa shape index (κ1) is 16.2. The second kappa shape index (κ2) is 6.45. The molecule has 0 aliphatic carbocycles. The molecule has 0 unspecified atom stereocenters. The van der Waals surface area contributed by atoms with Crippen molar-refractivity contribution in [2.24, 2.45) is 0 Å². The molecule has 3 rings (SSSR count). The third-order valence-corrected chi connectivity index (χ3v) is 4.11. The lowest BCUT2D eigenvalue weighted by atomic mass is 10.1. The fourth-order valence-corrected chi connectivity index (χ4v) is 2.82. The van der Waals surface area contributed by atoms with Gasteiger partial charge in [0.15, 0.2) is 5.82 Å². The molecule has 0 radical (unpaired) electrons. The SMILES string of the molecule is CN(C)c1ncccc1N(C)C(=O)c1ccc(Cl)c2ncccc12. The van der Waals surface area contributed by atoms with Gasteiger partial charge in [0, 0.05) is 44.5 Å². The number of halogens is 1. The van der Waals surface area contributed by atoms with Gasteiger partial charge in [0.2, 0.25) is 0 Å².